The highest BCUT2D eigenvalue weighted by Crippen LogP contribution is 2.30. The van der Waals surface area contributed by atoms with E-state index < -0.39 is 6.04 Å². The van der Waals surface area contributed by atoms with Gasteiger partial charge in [-0.2, -0.15) is 8.75 Å². The van der Waals surface area contributed by atoms with Crippen LogP contribution in [0.5, 0.6) is 0 Å². The second-order valence-electron chi connectivity index (χ2n) is 4.58. The van der Waals surface area contributed by atoms with Gasteiger partial charge in [0.2, 0.25) is 5.91 Å². The van der Waals surface area contributed by atoms with Crippen molar-refractivity contribution in [1.82, 2.24) is 14.1 Å². The van der Waals surface area contributed by atoms with Crippen molar-refractivity contribution < 1.29 is 4.79 Å². The number of amides is 1. The molecule has 0 aliphatic rings. The molecule has 0 bridgehead atoms. The number of hydrogen-bond donors (Lipinski definition) is 2. The molecule has 2 rings (SSSR count). The first-order valence-electron chi connectivity index (χ1n) is 5.96. The van der Waals surface area contributed by atoms with Crippen LogP contribution in [0.15, 0.2) is 12.1 Å². The summed E-state index contributed by atoms with van der Waals surface area (Å²) in [6, 6.07) is 3.27. The number of carbonyl (C=O) groups excluding carboxylic acids is 1. The van der Waals surface area contributed by atoms with Crippen LogP contribution in [-0.4, -0.2) is 26.7 Å². The van der Waals surface area contributed by atoms with Crippen LogP contribution in [0.2, 0.25) is 5.02 Å². The molecule has 0 saturated heterocycles. The summed E-state index contributed by atoms with van der Waals surface area (Å²) in [4.78, 5) is 11.9. The summed E-state index contributed by atoms with van der Waals surface area (Å²) in [5.74, 6) is -0.0775. The minimum absolute atomic E-state index is 0.0775. The fourth-order valence-corrected chi connectivity index (χ4v) is 2.41. The molecule has 1 heterocycles. The number of nitrogens with zero attached hydrogens (tertiary/aromatic N) is 2. The number of anilines is 1. The first-order valence-corrected chi connectivity index (χ1v) is 7.07. The van der Waals surface area contributed by atoms with Crippen molar-refractivity contribution >= 4 is 46.0 Å². The van der Waals surface area contributed by atoms with Gasteiger partial charge < -0.3 is 10.6 Å². The Morgan fingerprint density at radius 2 is 2.05 bits per heavy atom. The molecule has 7 heteroatoms. The van der Waals surface area contributed by atoms with Crippen LogP contribution in [0.1, 0.15) is 20.8 Å². The molecule has 1 unspecified atom stereocenters. The molecule has 1 aromatic carbocycles. The predicted octanol–water partition coefficient (Wildman–Crippen LogP) is 2.67. The predicted molar refractivity (Wildman–Crippen MR) is 78.8 cm³/mol. The molecule has 1 aromatic heterocycles. The fraction of sp³-hybridized carbons (Fsp3) is 0.417. The molecule has 0 fully saturated rings. The molecular weight excluding hydrogens is 284 g/mol. The summed E-state index contributed by atoms with van der Waals surface area (Å²) in [5, 5.41) is 6.48. The first-order chi connectivity index (χ1) is 8.99. The normalized spacial score (nSPS) is 12.7. The highest BCUT2D eigenvalue weighted by atomic mass is 35.5. The van der Waals surface area contributed by atoms with Gasteiger partial charge in [-0.1, -0.05) is 11.6 Å². The third-order valence-electron chi connectivity index (χ3n) is 2.56. The van der Waals surface area contributed by atoms with E-state index in [2.05, 4.69) is 19.4 Å². The molecule has 102 valence electrons. The lowest BCUT2D eigenvalue weighted by atomic mass is 10.2. The third-order valence-corrected chi connectivity index (χ3v) is 3.42. The van der Waals surface area contributed by atoms with Gasteiger partial charge in [-0.15, -0.1) is 0 Å². The summed E-state index contributed by atoms with van der Waals surface area (Å²) >= 11 is 7.28. The van der Waals surface area contributed by atoms with E-state index in [1.165, 1.54) is 0 Å². The average Bonchev–Trinajstić information content (AvgIpc) is 2.80. The van der Waals surface area contributed by atoms with E-state index in [1.54, 1.807) is 13.0 Å². The number of halogens is 1. The van der Waals surface area contributed by atoms with Crippen LogP contribution in [0.25, 0.3) is 11.0 Å². The van der Waals surface area contributed by atoms with Gasteiger partial charge in [0.15, 0.2) is 0 Å². The Kier molecular flexibility index (Phi) is 4.21. The molecule has 0 aliphatic heterocycles. The molecule has 0 spiro atoms. The molecule has 0 aliphatic carbocycles. The zero-order valence-electron chi connectivity index (χ0n) is 10.9. The van der Waals surface area contributed by atoms with E-state index in [0.717, 1.165) is 17.2 Å². The van der Waals surface area contributed by atoms with Crippen LogP contribution in [0, 0.1) is 0 Å². The van der Waals surface area contributed by atoms with E-state index in [-0.39, 0.29) is 11.9 Å². The van der Waals surface area contributed by atoms with E-state index >= 15 is 0 Å². The van der Waals surface area contributed by atoms with Gasteiger partial charge in [0.05, 0.1) is 22.4 Å². The number of carbonyl (C=O) groups is 1. The van der Waals surface area contributed by atoms with Gasteiger partial charge in [0.25, 0.3) is 0 Å². The zero-order valence-corrected chi connectivity index (χ0v) is 12.5. The van der Waals surface area contributed by atoms with E-state index in [9.17, 15) is 4.79 Å². The quantitative estimate of drug-likeness (QED) is 0.911. The minimum atomic E-state index is -0.396. The molecule has 0 radical (unpaired) electrons. The van der Waals surface area contributed by atoms with E-state index in [4.69, 9.17) is 11.6 Å². The largest absolute Gasteiger partial charge is 0.371 e. The molecule has 1 atom stereocenters. The smallest absolute Gasteiger partial charge is 0.242 e. The van der Waals surface area contributed by atoms with Crippen LogP contribution in [0.4, 0.5) is 5.69 Å². The lowest BCUT2D eigenvalue weighted by Gasteiger charge is -2.17. The highest BCUT2D eigenvalue weighted by Gasteiger charge is 2.17. The number of fused-ring (bicyclic) bond motifs is 1. The van der Waals surface area contributed by atoms with Crippen LogP contribution in [0.3, 0.4) is 0 Å². The number of benzene rings is 1. The number of rotatable bonds is 4. The third kappa shape index (κ3) is 3.13. The SMILES string of the molecule is CC(C)NC(=O)C(C)Nc1c(Cl)ccc2nsnc12. The van der Waals surface area contributed by atoms with Crippen LogP contribution < -0.4 is 10.6 Å². The maximum Gasteiger partial charge on any atom is 0.242 e. The van der Waals surface area contributed by atoms with Gasteiger partial charge in [-0.25, -0.2) is 0 Å². The van der Waals surface area contributed by atoms with Crippen molar-refractivity contribution in [3.63, 3.8) is 0 Å². The zero-order chi connectivity index (χ0) is 14.0. The summed E-state index contributed by atoms with van der Waals surface area (Å²) in [5.41, 5.74) is 2.12. The Hall–Kier alpha value is -1.40. The van der Waals surface area contributed by atoms with Crippen molar-refractivity contribution in [3.05, 3.63) is 17.2 Å². The average molecular weight is 299 g/mol. The fourth-order valence-electron chi connectivity index (χ4n) is 1.66. The van der Waals surface area contributed by atoms with Gasteiger partial charge >= 0.3 is 0 Å². The Labute approximate surface area is 120 Å². The molecule has 5 nitrogen and oxygen atoms in total. The standard InChI is InChI=1S/C12H15ClN4OS/c1-6(2)14-12(18)7(3)15-10-8(13)4-5-9-11(10)17-19-16-9/h4-7,15H,1-3H3,(H,14,18). The van der Waals surface area contributed by atoms with Crippen LogP contribution in [-0.2, 0) is 4.79 Å². The minimum Gasteiger partial charge on any atom is -0.371 e. The number of nitrogens with one attached hydrogen (secondary N) is 2. The molecule has 1 amide bonds. The van der Waals surface area contributed by atoms with Crippen molar-refractivity contribution in [2.45, 2.75) is 32.9 Å². The van der Waals surface area contributed by atoms with Crippen molar-refractivity contribution in [2.75, 3.05) is 5.32 Å². The van der Waals surface area contributed by atoms with Crippen LogP contribution >= 0.6 is 23.3 Å². The Morgan fingerprint density at radius 1 is 1.32 bits per heavy atom. The Bertz CT molecular complexity index is 598. The van der Waals surface area contributed by atoms with Crippen molar-refractivity contribution in [3.8, 4) is 0 Å². The molecule has 19 heavy (non-hydrogen) atoms. The summed E-state index contributed by atoms with van der Waals surface area (Å²) < 4.78 is 8.36. The maximum absolute atomic E-state index is 11.9. The van der Waals surface area contributed by atoms with E-state index in [1.807, 2.05) is 19.9 Å². The summed E-state index contributed by atoms with van der Waals surface area (Å²) in [7, 11) is 0. The van der Waals surface area contributed by atoms with Gasteiger partial charge in [-0.3, -0.25) is 4.79 Å². The van der Waals surface area contributed by atoms with Gasteiger partial charge in [0, 0.05) is 6.04 Å². The van der Waals surface area contributed by atoms with E-state index in [0.29, 0.717) is 16.2 Å². The number of aromatic nitrogens is 2. The first kappa shape index (κ1) is 14.0. The number of hydrogen-bond acceptors (Lipinski definition) is 5. The lowest BCUT2D eigenvalue weighted by molar-refractivity contribution is -0.122. The maximum atomic E-state index is 11.9. The molecule has 0 saturated carbocycles. The second-order valence-corrected chi connectivity index (χ2v) is 5.52. The summed E-state index contributed by atoms with van der Waals surface area (Å²) in [6.45, 7) is 5.62. The lowest BCUT2D eigenvalue weighted by Crippen LogP contribution is -2.41. The molecule has 2 aromatic rings. The monoisotopic (exact) mass is 298 g/mol. The Balaban J connectivity index is 2.23. The Morgan fingerprint density at radius 3 is 2.74 bits per heavy atom. The van der Waals surface area contributed by atoms with Crippen molar-refractivity contribution in [2.24, 2.45) is 0 Å². The molecular formula is C12H15ClN4OS. The second kappa shape index (κ2) is 5.71. The summed E-state index contributed by atoms with van der Waals surface area (Å²) in [6.07, 6.45) is 0. The topological polar surface area (TPSA) is 66.9 Å². The molecule has 2 N–H and O–H groups in total. The van der Waals surface area contributed by atoms with Gasteiger partial charge in [0.1, 0.15) is 17.1 Å². The van der Waals surface area contributed by atoms with Gasteiger partial charge in [-0.05, 0) is 32.9 Å². The van der Waals surface area contributed by atoms with Crippen molar-refractivity contribution in [1.29, 1.82) is 0 Å². The highest BCUT2D eigenvalue weighted by molar-refractivity contribution is 7.00.